The smallest absolute Gasteiger partial charge is 0.0424 e. The van der Waals surface area contributed by atoms with Crippen molar-refractivity contribution >= 4 is 22.1 Å². The summed E-state index contributed by atoms with van der Waals surface area (Å²) in [6, 6.07) is 6.72. The molecule has 1 aromatic carbocycles. The molecule has 2 aromatic rings. The molecule has 3 heteroatoms. The molecule has 0 aliphatic heterocycles. The van der Waals surface area contributed by atoms with E-state index in [4.69, 9.17) is 5.73 Å². The van der Waals surface area contributed by atoms with E-state index in [1.807, 2.05) is 24.5 Å². The number of fused-ring (bicyclic) bond motifs is 1. The number of nitrogens with zero attached hydrogens (tertiary/aromatic N) is 1. The van der Waals surface area contributed by atoms with Crippen LogP contribution >= 0.6 is 0 Å². The van der Waals surface area contributed by atoms with Gasteiger partial charge in [0.25, 0.3) is 0 Å². The Hall–Kier alpha value is -1.77. The number of rotatable bonds is 3. The van der Waals surface area contributed by atoms with E-state index in [1.54, 1.807) is 0 Å². The van der Waals surface area contributed by atoms with Crippen LogP contribution in [0.15, 0.2) is 30.6 Å². The number of aromatic nitrogens is 1. The number of benzene rings is 1. The van der Waals surface area contributed by atoms with Gasteiger partial charge in [0.05, 0.1) is 0 Å². The molecule has 0 spiro atoms. The number of hydrogen-bond acceptors (Lipinski definition) is 3. The van der Waals surface area contributed by atoms with Crippen molar-refractivity contribution in [2.24, 2.45) is 5.92 Å². The maximum absolute atomic E-state index is 6.03. The third-order valence-electron chi connectivity index (χ3n) is 4.57. The van der Waals surface area contributed by atoms with Crippen LogP contribution in [0.25, 0.3) is 10.8 Å². The zero-order chi connectivity index (χ0) is 13.9. The zero-order valence-electron chi connectivity index (χ0n) is 12.1. The number of nitrogen functional groups attached to an aromatic ring is 1. The SMILES string of the molecule is CCC1CCCC(Nc2ccc(N)c3cnccc23)C1. The van der Waals surface area contributed by atoms with Gasteiger partial charge in [-0.1, -0.05) is 26.2 Å². The van der Waals surface area contributed by atoms with Gasteiger partial charge in [-0.2, -0.15) is 0 Å². The second-order valence-corrected chi connectivity index (χ2v) is 5.91. The van der Waals surface area contributed by atoms with Gasteiger partial charge in [-0.25, -0.2) is 0 Å². The van der Waals surface area contributed by atoms with Crippen molar-refractivity contribution in [2.45, 2.75) is 45.1 Å². The molecule has 3 N–H and O–H groups in total. The first-order valence-electron chi connectivity index (χ1n) is 7.66. The van der Waals surface area contributed by atoms with Gasteiger partial charge < -0.3 is 11.1 Å². The average molecular weight is 269 g/mol. The maximum atomic E-state index is 6.03. The molecule has 1 aromatic heterocycles. The molecular weight excluding hydrogens is 246 g/mol. The molecule has 0 radical (unpaired) electrons. The van der Waals surface area contributed by atoms with Crippen molar-refractivity contribution < 1.29 is 0 Å². The molecule has 0 amide bonds. The van der Waals surface area contributed by atoms with Crippen LogP contribution < -0.4 is 11.1 Å². The summed E-state index contributed by atoms with van der Waals surface area (Å²) in [5.41, 5.74) is 8.03. The highest BCUT2D eigenvalue weighted by molar-refractivity contribution is 6.00. The lowest BCUT2D eigenvalue weighted by atomic mass is 9.84. The minimum Gasteiger partial charge on any atom is -0.398 e. The predicted octanol–water partition coefficient (Wildman–Crippen LogP) is 4.20. The summed E-state index contributed by atoms with van der Waals surface area (Å²) < 4.78 is 0. The monoisotopic (exact) mass is 269 g/mol. The number of anilines is 2. The molecule has 2 unspecified atom stereocenters. The second-order valence-electron chi connectivity index (χ2n) is 5.91. The van der Waals surface area contributed by atoms with E-state index in [9.17, 15) is 0 Å². The predicted molar refractivity (Wildman–Crippen MR) is 85.8 cm³/mol. The fourth-order valence-corrected chi connectivity index (χ4v) is 3.35. The number of nitrogens with one attached hydrogen (secondary N) is 1. The van der Waals surface area contributed by atoms with Crippen molar-refractivity contribution in [3.05, 3.63) is 30.6 Å². The number of nitrogens with two attached hydrogens (primary N) is 1. The molecule has 106 valence electrons. The quantitative estimate of drug-likeness (QED) is 0.821. The van der Waals surface area contributed by atoms with Crippen LogP contribution in [0.4, 0.5) is 11.4 Å². The summed E-state index contributed by atoms with van der Waals surface area (Å²) >= 11 is 0. The van der Waals surface area contributed by atoms with Crippen LogP contribution in [0.5, 0.6) is 0 Å². The largest absolute Gasteiger partial charge is 0.398 e. The van der Waals surface area contributed by atoms with Crippen LogP contribution in [0.1, 0.15) is 39.0 Å². The summed E-state index contributed by atoms with van der Waals surface area (Å²) in [6.07, 6.45) is 10.3. The first kappa shape index (κ1) is 13.2. The van der Waals surface area contributed by atoms with E-state index < -0.39 is 0 Å². The standard InChI is InChI=1S/C17H23N3/c1-2-12-4-3-5-13(10-12)20-17-7-6-16(18)15-11-19-9-8-14(15)17/h6-9,11-13,20H,2-5,10,18H2,1H3. The van der Waals surface area contributed by atoms with Gasteiger partial charge in [0.15, 0.2) is 0 Å². The Morgan fingerprint density at radius 1 is 1.25 bits per heavy atom. The first-order valence-corrected chi connectivity index (χ1v) is 7.66. The van der Waals surface area contributed by atoms with Crippen molar-refractivity contribution in [1.82, 2.24) is 4.98 Å². The third kappa shape index (κ3) is 2.58. The van der Waals surface area contributed by atoms with Crippen molar-refractivity contribution in [3.63, 3.8) is 0 Å². The van der Waals surface area contributed by atoms with Crippen LogP contribution in [0, 0.1) is 5.92 Å². The molecule has 1 fully saturated rings. The zero-order valence-corrected chi connectivity index (χ0v) is 12.1. The second kappa shape index (κ2) is 5.70. The summed E-state index contributed by atoms with van der Waals surface area (Å²) in [4.78, 5) is 4.18. The van der Waals surface area contributed by atoms with Gasteiger partial charge in [-0.15, -0.1) is 0 Å². The minimum absolute atomic E-state index is 0.591. The highest BCUT2D eigenvalue weighted by Crippen LogP contribution is 2.32. The van der Waals surface area contributed by atoms with Gasteiger partial charge in [-0.05, 0) is 37.0 Å². The van der Waals surface area contributed by atoms with E-state index in [0.717, 1.165) is 17.0 Å². The van der Waals surface area contributed by atoms with E-state index in [2.05, 4.69) is 23.3 Å². The topological polar surface area (TPSA) is 50.9 Å². The molecular formula is C17H23N3. The Bertz CT molecular complexity index is 594. The molecule has 3 nitrogen and oxygen atoms in total. The molecule has 1 aliphatic rings. The summed E-state index contributed by atoms with van der Waals surface area (Å²) in [5.74, 6) is 0.878. The highest BCUT2D eigenvalue weighted by Gasteiger charge is 2.21. The van der Waals surface area contributed by atoms with Gasteiger partial charge >= 0.3 is 0 Å². The summed E-state index contributed by atoms with van der Waals surface area (Å²) in [6.45, 7) is 2.30. The van der Waals surface area contributed by atoms with Gasteiger partial charge in [0, 0.05) is 40.6 Å². The Balaban J connectivity index is 1.86. The van der Waals surface area contributed by atoms with E-state index in [0.29, 0.717) is 6.04 Å². The summed E-state index contributed by atoms with van der Waals surface area (Å²) in [5, 5.41) is 5.95. The molecule has 2 atom stereocenters. The van der Waals surface area contributed by atoms with Gasteiger partial charge in [0.2, 0.25) is 0 Å². The minimum atomic E-state index is 0.591. The van der Waals surface area contributed by atoms with Gasteiger partial charge in [-0.3, -0.25) is 4.98 Å². The van der Waals surface area contributed by atoms with Gasteiger partial charge in [0.1, 0.15) is 0 Å². The van der Waals surface area contributed by atoms with Crippen molar-refractivity contribution in [3.8, 4) is 0 Å². The Morgan fingerprint density at radius 3 is 3.00 bits per heavy atom. The van der Waals surface area contributed by atoms with E-state index >= 15 is 0 Å². The van der Waals surface area contributed by atoms with Crippen molar-refractivity contribution in [1.29, 1.82) is 0 Å². The molecule has 1 aliphatic carbocycles. The molecule has 20 heavy (non-hydrogen) atoms. The van der Waals surface area contributed by atoms with E-state index in [1.165, 1.54) is 43.2 Å². The summed E-state index contributed by atoms with van der Waals surface area (Å²) in [7, 11) is 0. The Kier molecular flexibility index (Phi) is 3.77. The Morgan fingerprint density at radius 2 is 2.15 bits per heavy atom. The lowest BCUT2D eigenvalue weighted by Crippen LogP contribution is -2.27. The third-order valence-corrected chi connectivity index (χ3v) is 4.57. The number of hydrogen-bond donors (Lipinski definition) is 2. The molecule has 0 bridgehead atoms. The van der Waals surface area contributed by atoms with E-state index in [-0.39, 0.29) is 0 Å². The lowest BCUT2D eigenvalue weighted by Gasteiger charge is -2.30. The lowest BCUT2D eigenvalue weighted by molar-refractivity contribution is 0.327. The fourth-order valence-electron chi connectivity index (χ4n) is 3.35. The van der Waals surface area contributed by atoms with Crippen LogP contribution in [-0.2, 0) is 0 Å². The average Bonchev–Trinajstić information content (AvgIpc) is 2.51. The first-order chi connectivity index (χ1) is 9.78. The van der Waals surface area contributed by atoms with Crippen LogP contribution in [-0.4, -0.2) is 11.0 Å². The molecule has 1 saturated carbocycles. The molecule has 3 rings (SSSR count). The Labute approximate surface area is 120 Å². The highest BCUT2D eigenvalue weighted by atomic mass is 14.9. The molecule has 1 heterocycles. The van der Waals surface area contributed by atoms with Crippen LogP contribution in [0.2, 0.25) is 0 Å². The fraction of sp³-hybridized carbons (Fsp3) is 0.471. The maximum Gasteiger partial charge on any atom is 0.0424 e. The normalized spacial score (nSPS) is 22.9. The number of pyridine rings is 1. The van der Waals surface area contributed by atoms with Crippen molar-refractivity contribution in [2.75, 3.05) is 11.1 Å². The molecule has 0 saturated heterocycles. The van der Waals surface area contributed by atoms with Crippen LogP contribution in [0.3, 0.4) is 0 Å².